The monoisotopic (exact) mass is 544 g/mol. The summed E-state index contributed by atoms with van der Waals surface area (Å²) in [6.45, 7) is 8.48. The molecule has 1 aliphatic carbocycles. The number of hydrogen-bond donors (Lipinski definition) is 0. The average Bonchev–Trinajstić information content (AvgIpc) is 3.08. The first-order valence-corrected chi connectivity index (χ1v) is 15.3. The molecule has 5 heteroatoms. The minimum Gasteiger partial charge on any atom is -0.497 e. The van der Waals surface area contributed by atoms with Gasteiger partial charge >= 0.3 is 0 Å². The molecule has 2 atom stereocenters. The molecule has 0 heterocycles. The fourth-order valence-corrected chi connectivity index (χ4v) is 7.08. The normalized spacial score (nSPS) is 18.4. The van der Waals surface area contributed by atoms with Crippen molar-refractivity contribution in [2.24, 2.45) is 0 Å². The molecule has 0 radical (unpaired) electrons. The SMILES string of the molecule is COc1ccc(CCCC2=CC(=O)CC(S(=O)(=O)c3ccc(C)cc3)CC2c2ccc(C(C)(C)C)cc2)cc1. The molecule has 0 saturated heterocycles. The maximum atomic E-state index is 13.7. The van der Waals surface area contributed by atoms with Crippen LogP contribution in [0.15, 0.2) is 89.3 Å². The number of rotatable bonds is 8. The molecular formula is C34H40O4S. The highest BCUT2D eigenvalue weighted by atomic mass is 32.2. The summed E-state index contributed by atoms with van der Waals surface area (Å²) in [5.41, 5.74) is 5.55. The predicted molar refractivity (Wildman–Crippen MR) is 158 cm³/mol. The first-order valence-electron chi connectivity index (χ1n) is 13.7. The van der Waals surface area contributed by atoms with Crippen LogP contribution in [0.1, 0.15) is 74.6 Å². The topological polar surface area (TPSA) is 60.4 Å². The zero-order valence-corrected chi connectivity index (χ0v) is 24.6. The number of ketones is 1. The van der Waals surface area contributed by atoms with Crippen molar-refractivity contribution < 1.29 is 17.9 Å². The van der Waals surface area contributed by atoms with Crippen LogP contribution in [0, 0.1) is 6.92 Å². The summed E-state index contributed by atoms with van der Waals surface area (Å²) < 4.78 is 32.7. The summed E-state index contributed by atoms with van der Waals surface area (Å²) in [5.74, 6) is 0.589. The van der Waals surface area contributed by atoms with E-state index in [2.05, 4.69) is 57.2 Å². The third kappa shape index (κ3) is 7.07. The summed E-state index contributed by atoms with van der Waals surface area (Å²) in [6.07, 6.45) is 4.62. The Labute approximate surface area is 234 Å². The molecule has 0 aliphatic heterocycles. The van der Waals surface area contributed by atoms with Crippen molar-refractivity contribution in [1.29, 1.82) is 0 Å². The summed E-state index contributed by atoms with van der Waals surface area (Å²) in [7, 11) is -2.01. The minimum atomic E-state index is -3.67. The fraction of sp³-hybridized carbons (Fsp3) is 0.382. The van der Waals surface area contributed by atoms with E-state index in [1.807, 2.05) is 31.2 Å². The first kappa shape index (κ1) is 28.8. The number of methoxy groups -OCH3 is 1. The molecular weight excluding hydrogens is 504 g/mol. The third-order valence-corrected chi connectivity index (χ3v) is 9.94. The van der Waals surface area contributed by atoms with Crippen LogP contribution in [0.25, 0.3) is 0 Å². The van der Waals surface area contributed by atoms with Crippen LogP contribution in [-0.4, -0.2) is 26.6 Å². The highest BCUT2D eigenvalue weighted by Crippen LogP contribution is 2.39. The standard InChI is InChI=1S/C34H40O4S/c1-24-9-19-31(20-10-24)39(36,37)32-22-29(35)21-27(8-6-7-25-11-17-30(38-5)18-12-25)33(23-32)26-13-15-28(16-14-26)34(2,3)4/h9-21,32-33H,6-8,22-23H2,1-5H3. The van der Waals surface area contributed by atoms with Gasteiger partial charge in [0.05, 0.1) is 17.3 Å². The van der Waals surface area contributed by atoms with Gasteiger partial charge in [-0.15, -0.1) is 0 Å². The Balaban J connectivity index is 1.63. The fourth-order valence-electron chi connectivity index (χ4n) is 5.35. The number of ether oxygens (including phenoxy) is 1. The van der Waals surface area contributed by atoms with E-state index in [9.17, 15) is 13.2 Å². The number of carbonyl (C=O) groups excluding carboxylic acids is 1. The lowest BCUT2D eigenvalue weighted by Crippen LogP contribution is -2.25. The molecule has 0 N–H and O–H groups in total. The molecule has 3 aromatic carbocycles. The van der Waals surface area contributed by atoms with Crippen molar-refractivity contribution in [2.75, 3.05) is 7.11 Å². The maximum Gasteiger partial charge on any atom is 0.181 e. The molecule has 0 amide bonds. The van der Waals surface area contributed by atoms with E-state index < -0.39 is 15.1 Å². The van der Waals surface area contributed by atoms with Gasteiger partial charge in [0.15, 0.2) is 15.6 Å². The smallest absolute Gasteiger partial charge is 0.181 e. The Morgan fingerprint density at radius 3 is 2.10 bits per heavy atom. The van der Waals surface area contributed by atoms with E-state index in [1.54, 1.807) is 25.3 Å². The summed E-state index contributed by atoms with van der Waals surface area (Å²) in [5, 5.41) is -0.768. The van der Waals surface area contributed by atoms with Crippen LogP contribution in [0.3, 0.4) is 0 Å². The van der Waals surface area contributed by atoms with Gasteiger partial charge in [-0.1, -0.05) is 80.4 Å². The van der Waals surface area contributed by atoms with Crippen molar-refractivity contribution in [3.8, 4) is 5.75 Å². The Kier molecular flexibility index (Phi) is 8.80. The second-order valence-electron chi connectivity index (χ2n) is 11.7. The van der Waals surface area contributed by atoms with E-state index in [0.717, 1.165) is 41.7 Å². The number of carbonyl (C=O) groups is 1. The zero-order valence-electron chi connectivity index (χ0n) is 23.7. The van der Waals surface area contributed by atoms with Crippen molar-refractivity contribution in [2.45, 2.75) is 81.3 Å². The number of hydrogen-bond acceptors (Lipinski definition) is 4. The second-order valence-corrected chi connectivity index (χ2v) is 14.0. The third-order valence-electron chi connectivity index (χ3n) is 7.78. The van der Waals surface area contributed by atoms with Crippen molar-refractivity contribution in [1.82, 2.24) is 0 Å². The second kappa shape index (κ2) is 11.9. The Bertz CT molecular complexity index is 1410. The Morgan fingerprint density at radius 2 is 1.51 bits per heavy atom. The van der Waals surface area contributed by atoms with Gasteiger partial charge in [0, 0.05) is 12.3 Å². The largest absolute Gasteiger partial charge is 0.497 e. The van der Waals surface area contributed by atoms with Gasteiger partial charge in [-0.05, 0) is 85.1 Å². The molecule has 39 heavy (non-hydrogen) atoms. The molecule has 0 bridgehead atoms. The van der Waals surface area contributed by atoms with Gasteiger partial charge in [0.25, 0.3) is 0 Å². The molecule has 2 unspecified atom stereocenters. The van der Waals surface area contributed by atoms with Crippen molar-refractivity contribution in [3.63, 3.8) is 0 Å². The minimum absolute atomic E-state index is 0.00869. The highest BCUT2D eigenvalue weighted by Gasteiger charge is 2.35. The van der Waals surface area contributed by atoms with Crippen LogP contribution in [-0.2, 0) is 26.5 Å². The Hall–Kier alpha value is -3.18. The van der Waals surface area contributed by atoms with Crippen LogP contribution < -0.4 is 4.74 Å². The molecule has 1 aliphatic rings. The van der Waals surface area contributed by atoms with Gasteiger partial charge in [-0.2, -0.15) is 0 Å². The van der Waals surface area contributed by atoms with Gasteiger partial charge in [0.2, 0.25) is 0 Å². The van der Waals surface area contributed by atoms with E-state index >= 15 is 0 Å². The summed E-state index contributed by atoms with van der Waals surface area (Å²) in [6, 6.07) is 23.5. The molecule has 0 spiro atoms. The number of allylic oxidation sites excluding steroid dienone is 2. The first-order chi connectivity index (χ1) is 18.5. The number of benzene rings is 3. The quantitative estimate of drug-likeness (QED) is 0.294. The van der Waals surface area contributed by atoms with Crippen molar-refractivity contribution >= 4 is 15.6 Å². The van der Waals surface area contributed by atoms with Crippen LogP contribution in [0.2, 0.25) is 0 Å². The van der Waals surface area contributed by atoms with Crippen LogP contribution in [0.4, 0.5) is 0 Å². The summed E-state index contributed by atoms with van der Waals surface area (Å²) in [4.78, 5) is 13.4. The molecule has 4 rings (SSSR count). The molecule has 3 aromatic rings. The van der Waals surface area contributed by atoms with Gasteiger partial charge in [-0.25, -0.2) is 8.42 Å². The van der Waals surface area contributed by atoms with Crippen molar-refractivity contribution in [3.05, 3.63) is 107 Å². The van der Waals surface area contributed by atoms with E-state index in [1.165, 1.54) is 11.1 Å². The molecule has 4 nitrogen and oxygen atoms in total. The van der Waals surface area contributed by atoms with Gasteiger partial charge in [0.1, 0.15) is 5.75 Å². The molecule has 206 valence electrons. The molecule has 0 saturated carbocycles. The molecule has 0 aromatic heterocycles. The maximum absolute atomic E-state index is 13.7. The van der Waals surface area contributed by atoms with Crippen LogP contribution >= 0.6 is 0 Å². The Morgan fingerprint density at radius 1 is 0.872 bits per heavy atom. The van der Waals surface area contributed by atoms with Crippen LogP contribution in [0.5, 0.6) is 5.75 Å². The van der Waals surface area contributed by atoms with E-state index in [0.29, 0.717) is 6.42 Å². The number of aryl methyl sites for hydroxylation is 2. The van der Waals surface area contributed by atoms with Gasteiger partial charge in [-0.3, -0.25) is 4.79 Å². The predicted octanol–water partition coefficient (Wildman–Crippen LogP) is 7.54. The lowest BCUT2D eigenvalue weighted by atomic mass is 9.82. The highest BCUT2D eigenvalue weighted by molar-refractivity contribution is 7.92. The zero-order chi connectivity index (χ0) is 28.2. The lowest BCUT2D eigenvalue weighted by Gasteiger charge is -2.25. The lowest BCUT2D eigenvalue weighted by molar-refractivity contribution is -0.114. The molecule has 0 fully saturated rings. The number of sulfone groups is 1. The van der Waals surface area contributed by atoms with E-state index in [-0.39, 0.29) is 28.4 Å². The van der Waals surface area contributed by atoms with Gasteiger partial charge < -0.3 is 4.74 Å². The average molecular weight is 545 g/mol. The summed E-state index contributed by atoms with van der Waals surface area (Å²) >= 11 is 0. The van der Waals surface area contributed by atoms with E-state index in [4.69, 9.17) is 4.74 Å².